The van der Waals surface area contributed by atoms with E-state index < -0.39 is 5.92 Å². The predicted molar refractivity (Wildman–Crippen MR) is 72.6 cm³/mol. The number of hydrogen-bond acceptors (Lipinski definition) is 2. The van der Waals surface area contributed by atoms with Crippen molar-refractivity contribution in [3.8, 4) is 6.07 Å². The van der Waals surface area contributed by atoms with Crippen LogP contribution < -0.4 is 5.32 Å². The van der Waals surface area contributed by atoms with E-state index in [4.69, 9.17) is 0 Å². The van der Waals surface area contributed by atoms with Gasteiger partial charge >= 0.3 is 0 Å². The number of rotatable bonds is 3. The summed E-state index contributed by atoms with van der Waals surface area (Å²) in [5.74, 6) is -0.334. The van der Waals surface area contributed by atoms with E-state index in [0.717, 1.165) is 24.8 Å². The highest BCUT2D eigenvalue weighted by atomic mass is 16.1. The quantitative estimate of drug-likeness (QED) is 0.781. The molecule has 1 aliphatic carbocycles. The Bertz CT molecular complexity index is 378. The second-order valence-corrected chi connectivity index (χ2v) is 6.24. The molecule has 3 atom stereocenters. The minimum absolute atomic E-state index is 0.0937. The number of amides is 1. The fourth-order valence-corrected chi connectivity index (χ4v) is 3.11. The van der Waals surface area contributed by atoms with Gasteiger partial charge in [-0.15, -0.1) is 0 Å². The van der Waals surface area contributed by atoms with Crippen molar-refractivity contribution >= 4 is 5.91 Å². The van der Waals surface area contributed by atoms with Crippen molar-refractivity contribution in [2.45, 2.75) is 40.0 Å². The van der Waals surface area contributed by atoms with Crippen LogP contribution in [0.2, 0.25) is 0 Å². The van der Waals surface area contributed by atoms with Crippen LogP contribution in [0.5, 0.6) is 0 Å². The summed E-state index contributed by atoms with van der Waals surface area (Å²) in [6.07, 6.45) is 3.07. The standard InChI is InChI=1S/C15H24N2O/c1-10(2)11-6-7-15(3,4)8-12(11)13(9-16)14(18)17-5/h11-13H,1,6-8H2,2-5H3,(H,17,18)/t11-,12+,13+/m1/s1. The van der Waals surface area contributed by atoms with E-state index in [1.807, 2.05) is 6.92 Å². The molecule has 0 aromatic carbocycles. The molecule has 1 fully saturated rings. The second kappa shape index (κ2) is 5.56. The first-order valence-electron chi connectivity index (χ1n) is 6.59. The van der Waals surface area contributed by atoms with E-state index in [9.17, 15) is 10.1 Å². The smallest absolute Gasteiger partial charge is 0.237 e. The van der Waals surface area contributed by atoms with Crippen molar-refractivity contribution in [1.82, 2.24) is 5.32 Å². The maximum absolute atomic E-state index is 11.9. The van der Waals surface area contributed by atoms with Gasteiger partial charge in [0, 0.05) is 7.05 Å². The molecule has 0 bridgehead atoms. The monoisotopic (exact) mass is 248 g/mol. The Morgan fingerprint density at radius 1 is 1.56 bits per heavy atom. The van der Waals surface area contributed by atoms with Crippen LogP contribution in [-0.2, 0) is 4.79 Å². The van der Waals surface area contributed by atoms with Crippen LogP contribution in [0.4, 0.5) is 0 Å². The Morgan fingerprint density at radius 2 is 2.17 bits per heavy atom. The zero-order valence-electron chi connectivity index (χ0n) is 11.9. The van der Waals surface area contributed by atoms with Gasteiger partial charge in [-0.05, 0) is 43.4 Å². The van der Waals surface area contributed by atoms with Gasteiger partial charge in [0.05, 0.1) is 6.07 Å². The van der Waals surface area contributed by atoms with Crippen molar-refractivity contribution in [2.75, 3.05) is 7.05 Å². The molecule has 0 unspecified atom stereocenters. The molecule has 3 heteroatoms. The van der Waals surface area contributed by atoms with Gasteiger partial charge in [-0.1, -0.05) is 26.0 Å². The molecule has 1 N–H and O–H groups in total. The average Bonchev–Trinajstić information content (AvgIpc) is 2.28. The lowest BCUT2D eigenvalue weighted by molar-refractivity contribution is -0.125. The van der Waals surface area contributed by atoms with E-state index in [1.54, 1.807) is 7.05 Å². The van der Waals surface area contributed by atoms with Gasteiger partial charge in [0.2, 0.25) is 5.91 Å². The molecule has 0 aromatic rings. The summed E-state index contributed by atoms with van der Waals surface area (Å²) < 4.78 is 0. The Hall–Kier alpha value is -1.30. The van der Waals surface area contributed by atoms with Crippen LogP contribution in [0, 0.1) is 34.5 Å². The van der Waals surface area contributed by atoms with Gasteiger partial charge in [0.1, 0.15) is 5.92 Å². The first kappa shape index (κ1) is 14.8. The third-order valence-electron chi connectivity index (χ3n) is 4.17. The highest BCUT2D eigenvalue weighted by molar-refractivity contribution is 5.81. The third-order valence-corrected chi connectivity index (χ3v) is 4.17. The van der Waals surface area contributed by atoms with Crippen molar-refractivity contribution in [3.05, 3.63) is 12.2 Å². The maximum Gasteiger partial charge on any atom is 0.237 e. The highest BCUT2D eigenvalue weighted by Gasteiger charge is 2.41. The molecule has 0 radical (unpaired) electrons. The van der Waals surface area contributed by atoms with E-state index >= 15 is 0 Å². The van der Waals surface area contributed by atoms with Gasteiger partial charge in [-0.2, -0.15) is 5.26 Å². The number of carbonyl (C=O) groups is 1. The lowest BCUT2D eigenvalue weighted by atomic mass is 9.62. The predicted octanol–water partition coefficient (Wildman–Crippen LogP) is 2.89. The summed E-state index contributed by atoms with van der Waals surface area (Å²) in [6, 6.07) is 2.19. The summed E-state index contributed by atoms with van der Waals surface area (Å²) in [6.45, 7) is 10.5. The number of nitriles is 1. The molecular formula is C15H24N2O. The zero-order valence-corrected chi connectivity index (χ0v) is 11.9. The lowest BCUT2D eigenvalue weighted by Gasteiger charge is -2.42. The normalized spacial score (nSPS) is 27.9. The third kappa shape index (κ3) is 3.13. The SMILES string of the molecule is C=C(C)[C@H]1CCC(C)(C)C[C@@H]1[C@H](C#N)C(=O)NC. The molecule has 1 aliphatic rings. The Labute approximate surface area is 110 Å². The number of allylic oxidation sites excluding steroid dienone is 1. The molecule has 3 nitrogen and oxygen atoms in total. The molecule has 1 amide bonds. The van der Waals surface area contributed by atoms with Crippen molar-refractivity contribution in [2.24, 2.45) is 23.2 Å². The van der Waals surface area contributed by atoms with Crippen molar-refractivity contribution in [1.29, 1.82) is 5.26 Å². The lowest BCUT2D eigenvalue weighted by Crippen LogP contribution is -2.40. The Kier molecular flexibility index (Phi) is 4.56. The first-order chi connectivity index (χ1) is 8.32. The van der Waals surface area contributed by atoms with Gasteiger partial charge in [0.25, 0.3) is 0 Å². The minimum Gasteiger partial charge on any atom is -0.358 e. The van der Waals surface area contributed by atoms with E-state index in [1.165, 1.54) is 0 Å². The molecule has 0 aliphatic heterocycles. The largest absolute Gasteiger partial charge is 0.358 e. The average molecular weight is 248 g/mol. The maximum atomic E-state index is 11.9. The second-order valence-electron chi connectivity index (χ2n) is 6.24. The molecule has 1 saturated carbocycles. The summed E-state index contributed by atoms with van der Waals surface area (Å²) >= 11 is 0. The summed E-state index contributed by atoms with van der Waals surface area (Å²) in [5, 5.41) is 11.9. The fraction of sp³-hybridized carbons (Fsp3) is 0.733. The fourth-order valence-electron chi connectivity index (χ4n) is 3.11. The van der Waals surface area contributed by atoms with Gasteiger partial charge < -0.3 is 5.32 Å². The van der Waals surface area contributed by atoms with Crippen LogP contribution in [0.15, 0.2) is 12.2 Å². The zero-order chi connectivity index (χ0) is 13.9. The van der Waals surface area contributed by atoms with Crippen LogP contribution in [0.3, 0.4) is 0 Å². The minimum atomic E-state index is -0.559. The Morgan fingerprint density at radius 3 is 2.61 bits per heavy atom. The molecule has 18 heavy (non-hydrogen) atoms. The van der Waals surface area contributed by atoms with Crippen LogP contribution >= 0.6 is 0 Å². The molecule has 100 valence electrons. The van der Waals surface area contributed by atoms with Crippen LogP contribution in [-0.4, -0.2) is 13.0 Å². The van der Waals surface area contributed by atoms with Crippen LogP contribution in [0.25, 0.3) is 0 Å². The number of nitrogens with one attached hydrogen (secondary N) is 1. The molecule has 0 heterocycles. The highest BCUT2D eigenvalue weighted by Crippen LogP contribution is 2.47. The molecule has 0 aromatic heterocycles. The molecule has 1 rings (SSSR count). The van der Waals surface area contributed by atoms with Gasteiger partial charge in [-0.25, -0.2) is 0 Å². The number of hydrogen-bond donors (Lipinski definition) is 1. The summed E-state index contributed by atoms with van der Waals surface area (Å²) in [7, 11) is 1.59. The van der Waals surface area contributed by atoms with Gasteiger partial charge in [0.15, 0.2) is 0 Å². The van der Waals surface area contributed by atoms with Crippen molar-refractivity contribution < 1.29 is 4.79 Å². The topological polar surface area (TPSA) is 52.9 Å². The number of carbonyl (C=O) groups excluding carboxylic acids is 1. The Balaban J connectivity index is 3.00. The van der Waals surface area contributed by atoms with Crippen molar-refractivity contribution in [3.63, 3.8) is 0 Å². The summed E-state index contributed by atoms with van der Waals surface area (Å²) in [4.78, 5) is 11.9. The molecule has 0 spiro atoms. The van der Waals surface area contributed by atoms with E-state index in [0.29, 0.717) is 5.92 Å². The van der Waals surface area contributed by atoms with E-state index in [2.05, 4.69) is 31.8 Å². The van der Waals surface area contributed by atoms with Gasteiger partial charge in [-0.3, -0.25) is 4.79 Å². The molecular weight excluding hydrogens is 224 g/mol. The molecule has 0 saturated heterocycles. The first-order valence-corrected chi connectivity index (χ1v) is 6.59. The number of nitrogens with zero attached hydrogens (tertiary/aromatic N) is 1. The van der Waals surface area contributed by atoms with Crippen LogP contribution in [0.1, 0.15) is 40.0 Å². The van der Waals surface area contributed by atoms with E-state index in [-0.39, 0.29) is 17.2 Å². The summed E-state index contributed by atoms with van der Waals surface area (Å²) in [5.41, 5.74) is 1.30.